The molecule has 0 radical (unpaired) electrons. The fourth-order valence-electron chi connectivity index (χ4n) is 4.25. The fourth-order valence-corrected chi connectivity index (χ4v) is 4.90. The van der Waals surface area contributed by atoms with Crippen LogP contribution in [-0.4, -0.2) is 49.0 Å². The van der Waals surface area contributed by atoms with Crippen LogP contribution in [-0.2, 0) is 9.53 Å². The van der Waals surface area contributed by atoms with E-state index in [4.69, 9.17) is 4.74 Å². The predicted molar refractivity (Wildman–Crippen MR) is 130 cm³/mol. The van der Waals surface area contributed by atoms with Crippen LogP contribution in [0.25, 0.3) is 0 Å². The molecule has 0 aromatic heterocycles. The second-order valence-electron chi connectivity index (χ2n) is 8.75. The highest BCUT2D eigenvalue weighted by molar-refractivity contribution is 7.97. The molecule has 2 aliphatic rings. The summed E-state index contributed by atoms with van der Waals surface area (Å²) in [5, 5.41) is 12.4. The molecule has 2 aliphatic heterocycles. The summed E-state index contributed by atoms with van der Waals surface area (Å²) in [5.74, 6) is -4.82. The largest absolute Gasteiger partial charge is 0.443 e. The molecule has 196 valence electrons. The topological polar surface area (TPSA) is 97.7 Å². The van der Waals surface area contributed by atoms with Crippen LogP contribution in [0.5, 0.6) is 0 Å². The van der Waals surface area contributed by atoms with Crippen LogP contribution in [0.4, 0.5) is 39.4 Å². The van der Waals surface area contributed by atoms with Crippen LogP contribution in [0.1, 0.15) is 19.8 Å². The molecule has 2 amide bonds. The van der Waals surface area contributed by atoms with Crippen LogP contribution in [0, 0.1) is 34.6 Å². The maximum atomic E-state index is 15.1. The molecule has 4 rings (SSSR count). The van der Waals surface area contributed by atoms with Crippen molar-refractivity contribution in [2.24, 2.45) is 0 Å². The Labute approximate surface area is 214 Å². The van der Waals surface area contributed by atoms with E-state index in [1.54, 1.807) is 11.0 Å². The molecule has 1 atom stereocenters. The number of rotatable bonds is 7. The Balaban J connectivity index is 1.40. The summed E-state index contributed by atoms with van der Waals surface area (Å²) in [6, 6.07) is 8.24. The predicted octanol–water partition coefficient (Wildman–Crippen LogP) is 4.33. The minimum absolute atomic E-state index is 0.162. The first-order valence-corrected chi connectivity index (χ1v) is 12.3. The third kappa shape index (κ3) is 5.69. The molecule has 1 unspecified atom stereocenters. The molecule has 37 heavy (non-hydrogen) atoms. The number of cyclic esters (lactones) is 1. The summed E-state index contributed by atoms with van der Waals surface area (Å²) in [4.78, 5) is 26.3. The van der Waals surface area contributed by atoms with Crippen molar-refractivity contribution in [3.63, 3.8) is 0 Å². The summed E-state index contributed by atoms with van der Waals surface area (Å²) in [6.07, 6.45) is -0.766. The molecule has 2 aromatic rings. The first-order valence-electron chi connectivity index (χ1n) is 11.4. The number of amides is 2. The molecule has 13 heteroatoms. The minimum Gasteiger partial charge on any atom is -0.443 e. The standard InChI is InChI=1S/C24H23F4N5O3S/c1-14(34)31-37-12-16-11-33(23(35)36-16)15-2-5-20(18(26)10-15)32-8-6-24(13-29,7-9-32)30-19-4-3-17(25)21(27)22(19)28/h2-5,10,16,30H,6-9,11-12H2,1H3,(H,31,34). The first-order chi connectivity index (χ1) is 17.6. The van der Waals surface area contributed by atoms with E-state index >= 15 is 4.39 Å². The van der Waals surface area contributed by atoms with Crippen molar-refractivity contribution in [3.05, 3.63) is 53.6 Å². The van der Waals surface area contributed by atoms with Gasteiger partial charge in [0.15, 0.2) is 17.5 Å². The van der Waals surface area contributed by atoms with E-state index < -0.39 is 41.0 Å². The van der Waals surface area contributed by atoms with Gasteiger partial charge in [0.2, 0.25) is 5.91 Å². The van der Waals surface area contributed by atoms with Crippen LogP contribution < -0.4 is 19.8 Å². The van der Waals surface area contributed by atoms with E-state index in [-0.39, 0.29) is 49.8 Å². The molecule has 8 nitrogen and oxygen atoms in total. The van der Waals surface area contributed by atoms with Crippen molar-refractivity contribution in [1.29, 1.82) is 5.26 Å². The van der Waals surface area contributed by atoms with Gasteiger partial charge in [-0.25, -0.2) is 22.4 Å². The third-order valence-electron chi connectivity index (χ3n) is 6.18. The number of hydrogen-bond acceptors (Lipinski definition) is 7. The van der Waals surface area contributed by atoms with Gasteiger partial charge in [-0.2, -0.15) is 5.26 Å². The van der Waals surface area contributed by atoms with Gasteiger partial charge in [0.25, 0.3) is 0 Å². The van der Waals surface area contributed by atoms with Crippen molar-refractivity contribution in [2.75, 3.05) is 40.5 Å². The lowest BCUT2D eigenvalue weighted by atomic mass is 9.88. The highest BCUT2D eigenvalue weighted by Gasteiger charge is 2.37. The van der Waals surface area contributed by atoms with Crippen molar-refractivity contribution < 1.29 is 31.9 Å². The Morgan fingerprint density at radius 2 is 1.89 bits per heavy atom. The average molecular weight is 538 g/mol. The molecule has 0 bridgehead atoms. The van der Waals surface area contributed by atoms with E-state index in [0.29, 0.717) is 11.4 Å². The lowest BCUT2D eigenvalue weighted by Gasteiger charge is -2.39. The number of nitriles is 1. The van der Waals surface area contributed by atoms with E-state index in [1.807, 2.05) is 0 Å². The van der Waals surface area contributed by atoms with Gasteiger partial charge in [-0.15, -0.1) is 0 Å². The van der Waals surface area contributed by atoms with Gasteiger partial charge in [0.05, 0.1) is 35.4 Å². The van der Waals surface area contributed by atoms with Crippen LogP contribution >= 0.6 is 11.9 Å². The molecule has 2 heterocycles. The highest BCUT2D eigenvalue weighted by atomic mass is 32.2. The van der Waals surface area contributed by atoms with Crippen molar-refractivity contribution in [2.45, 2.75) is 31.4 Å². The summed E-state index contributed by atoms with van der Waals surface area (Å²) in [6.45, 7) is 2.04. The lowest BCUT2D eigenvalue weighted by molar-refractivity contribution is -0.117. The molecular formula is C24H23F4N5O3S. The lowest BCUT2D eigenvalue weighted by Crippen LogP contribution is -2.48. The Morgan fingerprint density at radius 3 is 2.54 bits per heavy atom. The molecule has 2 N–H and O–H groups in total. The molecule has 0 spiro atoms. The van der Waals surface area contributed by atoms with Crippen LogP contribution in [0.3, 0.4) is 0 Å². The second kappa shape index (κ2) is 10.8. The Kier molecular flexibility index (Phi) is 7.68. The van der Waals surface area contributed by atoms with Crippen molar-refractivity contribution in [1.82, 2.24) is 4.72 Å². The quantitative estimate of drug-likeness (QED) is 0.308. The number of carbonyl (C=O) groups is 2. The van der Waals surface area contributed by atoms with E-state index in [2.05, 4.69) is 16.1 Å². The van der Waals surface area contributed by atoms with Crippen LogP contribution in [0.15, 0.2) is 30.3 Å². The Morgan fingerprint density at radius 1 is 1.16 bits per heavy atom. The maximum Gasteiger partial charge on any atom is 0.414 e. The number of anilines is 3. The molecule has 2 saturated heterocycles. The van der Waals surface area contributed by atoms with E-state index in [0.717, 1.165) is 24.1 Å². The van der Waals surface area contributed by atoms with Gasteiger partial charge in [0, 0.05) is 32.9 Å². The zero-order valence-electron chi connectivity index (χ0n) is 19.7. The fraction of sp³-hybridized carbons (Fsp3) is 0.375. The molecular weight excluding hydrogens is 514 g/mol. The summed E-state index contributed by atoms with van der Waals surface area (Å²) < 4.78 is 63.9. The number of carbonyl (C=O) groups excluding carboxylic acids is 2. The summed E-state index contributed by atoms with van der Waals surface area (Å²) >= 11 is 1.12. The van der Waals surface area contributed by atoms with Gasteiger partial charge in [-0.3, -0.25) is 9.69 Å². The monoisotopic (exact) mass is 537 g/mol. The summed E-state index contributed by atoms with van der Waals surface area (Å²) in [5.41, 5.74) is -0.991. The number of ether oxygens (including phenoxy) is 1. The van der Waals surface area contributed by atoms with Gasteiger partial charge in [0.1, 0.15) is 17.5 Å². The maximum absolute atomic E-state index is 15.1. The first kappa shape index (κ1) is 26.4. The second-order valence-corrected chi connectivity index (χ2v) is 9.58. The van der Waals surface area contributed by atoms with Gasteiger partial charge in [-0.05, 0) is 42.3 Å². The SMILES string of the molecule is CC(=O)NSCC1CN(c2ccc(N3CCC(C#N)(Nc4ccc(F)c(F)c4F)CC3)c(F)c2)C(=O)O1. The van der Waals surface area contributed by atoms with Crippen molar-refractivity contribution in [3.8, 4) is 6.07 Å². The number of benzene rings is 2. The number of hydrogen-bond donors (Lipinski definition) is 2. The van der Waals surface area contributed by atoms with Gasteiger partial charge in [-0.1, -0.05) is 0 Å². The molecule has 0 saturated carbocycles. The number of piperidine rings is 1. The van der Waals surface area contributed by atoms with Gasteiger partial charge >= 0.3 is 6.09 Å². The normalized spacial score (nSPS) is 18.8. The minimum atomic E-state index is -1.63. The van der Waals surface area contributed by atoms with Crippen LogP contribution in [0.2, 0.25) is 0 Å². The molecule has 2 aromatic carbocycles. The van der Waals surface area contributed by atoms with E-state index in [1.165, 1.54) is 24.0 Å². The Hall–Kier alpha value is -3.66. The van der Waals surface area contributed by atoms with Gasteiger partial charge < -0.3 is 19.7 Å². The smallest absolute Gasteiger partial charge is 0.414 e. The highest BCUT2D eigenvalue weighted by Crippen LogP contribution is 2.34. The van der Waals surface area contributed by atoms with Crippen molar-refractivity contribution >= 4 is 41.0 Å². The Bertz CT molecular complexity index is 1250. The zero-order chi connectivity index (χ0) is 26.7. The third-order valence-corrected chi connectivity index (χ3v) is 7.15. The number of halogens is 4. The number of nitrogens with zero attached hydrogens (tertiary/aromatic N) is 3. The molecule has 2 fully saturated rings. The van der Waals surface area contributed by atoms with E-state index in [9.17, 15) is 28.0 Å². The average Bonchev–Trinajstić information content (AvgIpc) is 3.25. The molecule has 0 aliphatic carbocycles. The summed E-state index contributed by atoms with van der Waals surface area (Å²) in [7, 11) is 0. The number of nitrogens with one attached hydrogen (secondary N) is 2. The zero-order valence-corrected chi connectivity index (χ0v) is 20.5.